The molecule has 3 aromatic rings. The van der Waals surface area contributed by atoms with E-state index in [1.807, 2.05) is 13.8 Å². The third-order valence-corrected chi connectivity index (χ3v) is 4.73. The Labute approximate surface area is 149 Å². The maximum absolute atomic E-state index is 12.3. The van der Waals surface area contributed by atoms with Crippen LogP contribution in [0.15, 0.2) is 36.4 Å². The summed E-state index contributed by atoms with van der Waals surface area (Å²) in [7, 11) is 0. The van der Waals surface area contributed by atoms with E-state index in [4.69, 9.17) is 16.3 Å². The minimum Gasteiger partial charge on any atom is -0.481 e. The van der Waals surface area contributed by atoms with Crippen molar-refractivity contribution in [2.24, 2.45) is 0 Å². The van der Waals surface area contributed by atoms with Crippen LogP contribution < -0.4 is 10.1 Å². The summed E-state index contributed by atoms with van der Waals surface area (Å²) < 4.78 is 6.69. The lowest BCUT2D eigenvalue weighted by molar-refractivity contribution is -0.122. The number of fused-ring (bicyclic) bond motifs is 1. The van der Waals surface area contributed by atoms with Crippen LogP contribution in [0, 0.1) is 13.8 Å². The van der Waals surface area contributed by atoms with Gasteiger partial charge in [-0.05, 0) is 62.2 Å². The molecule has 3 rings (SSSR count). The summed E-state index contributed by atoms with van der Waals surface area (Å²) in [6.45, 7) is 5.77. The van der Waals surface area contributed by atoms with Crippen LogP contribution in [-0.4, -0.2) is 17.0 Å². The number of rotatable bonds is 4. The van der Waals surface area contributed by atoms with Crippen molar-refractivity contribution >= 4 is 44.2 Å². The molecule has 2 aromatic carbocycles. The number of carbonyl (C=O) groups excluding carboxylic acids is 1. The monoisotopic (exact) mass is 360 g/mol. The summed E-state index contributed by atoms with van der Waals surface area (Å²) in [6.07, 6.45) is -0.638. The van der Waals surface area contributed by atoms with Crippen molar-refractivity contribution in [3.8, 4) is 5.75 Å². The fraction of sp³-hybridized carbons (Fsp3) is 0.222. The van der Waals surface area contributed by atoms with Gasteiger partial charge in [0.1, 0.15) is 5.75 Å². The normalized spacial score (nSPS) is 12.2. The molecule has 24 heavy (non-hydrogen) atoms. The van der Waals surface area contributed by atoms with Gasteiger partial charge in [0.05, 0.1) is 10.2 Å². The fourth-order valence-corrected chi connectivity index (χ4v) is 3.57. The number of benzene rings is 2. The molecule has 0 aliphatic carbocycles. The van der Waals surface area contributed by atoms with Crippen LogP contribution in [0.5, 0.6) is 5.75 Å². The Kier molecular flexibility index (Phi) is 4.73. The largest absolute Gasteiger partial charge is 0.481 e. The van der Waals surface area contributed by atoms with Gasteiger partial charge in [0.25, 0.3) is 5.91 Å². The van der Waals surface area contributed by atoms with Crippen LogP contribution in [0.3, 0.4) is 0 Å². The summed E-state index contributed by atoms with van der Waals surface area (Å²) in [4.78, 5) is 16.8. The maximum Gasteiger partial charge on any atom is 0.266 e. The van der Waals surface area contributed by atoms with Gasteiger partial charge in [-0.3, -0.25) is 10.1 Å². The molecule has 124 valence electrons. The minimum atomic E-state index is -0.638. The molecule has 1 heterocycles. The van der Waals surface area contributed by atoms with Crippen LogP contribution in [0.4, 0.5) is 5.13 Å². The van der Waals surface area contributed by atoms with Crippen LogP contribution in [-0.2, 0) is 4.79 Å². The molecule has 0 saturated carbocycles. The van der Waals surface area contributed by atoms with Gasteiger partial charge in [-0.25, -0.2) is 4.98 Å². The Morgan fingerprint density at radius 3 is 2.67 bits per heavy atom. The minimum absolute atomic E-state index is 0.238. The number of aromatic nitrogens is 1. The number of thiazole rings is 1. The van der Waals surface area contributed by atoms with Crippen molar-refractivity contribution in [2.75, 3.05) is 5.32 Å². The molecule has 0 radical (unpaired) electrons. The molecule has 4 nitrogen and oxygen atoms in total. The van der Waals surface area contributed by atoms with Gasteiger partial charge in [-0.1, -0.05) is 29.0 Å². The summed E-state index contributed by atoms with van der Waals surface area (Å²) in [5.41, 5.74) is 3.21. The van der Waals surface area contributed by atoms with Gasteiger partial charge in [0.2, 0.25) is 0 Å². The third kappa shape index (κ3) is 3.68. The molecule has 6 heteroatoms. The fourth-order valence-electron chi connectivity index (χ4n) is 2.40. The van der Waals surface area contributed by atoms with Crippen LogP contribution in [0.1, 0.15) is 18.1 Å². The molecule has 1 atom stereocenters. The Morgan fingerprint density at radius 2 is 1.96 bits per heavy atom. The number of nitrogens with one attached hydrogen (secondary N) is 1. The molecule has 0 aliphatic rings. The zero-order chi connectivity index (χ0) is 17.3. The number of nitrogens with zero attached hydrogens (tertiary/aromatic N) is 1. The standard InChI is InChI=1S/C18H17ClN2O2S/c1-10-8-11(2)16-15(9-10)24-18(20-16)21-17(22)12(3)23-14-6-4-13(19)5-7-14/h4-9,12H,1-3H3,(H,20,21,22)/t12-/m1/s1. The second-order valence-corrected chi connectivity index (χ2v) is 7.12. The Balaban J connectivity index is 1.72. The number of halogens is 1. The van der Waals surface area contributed by atoms with E-state index in [-0.39, 0.29) is 5.91 Å². The van der Waals surface area contributed by atoms with Gasteiger partial charge in [-0.2, -0.15) is 0 Å². The molecule has 1 N–H and O–H groups in total. The van der Waals surface area contributed by atoms with E-state index in [1.165, 1.54) is 16.9 Å². The number of hydrogen-bond acceptors (Lipinski definition) is 4. The number of carbonyl (C=O) groups is 1. The molecule has 0 fully saturated rings. The number of amides is 1. The molecule has 0 spiro atoms. The van der Waals surface area contributed by atoms with E-state index in [1.54, 1.807) is 31.2 Å². The summed E-state index contributed by atoms with van der Waals surface area (Å²) in [5, 5.41) is 4.03. The predicted molar refractivity (Wildman–Crippen MR) is 99.3 cm³/mol. The van der Waals surface area contributed by atoms with Crippen molar-refractivity contribution in [1.29, 1.82) is 0 Å². The van der Waals surface area contributed by atoms with E-state index in [0.717, 1.165) is 15.8 Å². The highest BCUT2D eigenvalue weighted by Gasteiger charge is 2.17. The van der Waals surface area contributed by atoms with Crippen molar-refractivity contribution in [2.45, 2.75) is 26.9 Å². The molecule has 1 amide bonds. The van der Waals surface area contributed by atoms with Crippen LogP contribution in [0.25, 0.3) is 10.2 Å². The van der Waals surface area contributed by atoms with E-state index >= 15 is 0 Å². The van der Waals surface area contributed by atoms with E-state index in [2.05, 4.69) is 22.4 Å². The summed E-state index contributed by atoms with van der Waals surface area (Å²) in [6, 6.07) is 11.1. The Morgan fingerprint density at radius 1 is 1.25 bits per heavy atom. The Bertz CT molecular complexity index is 890. The number of anilines is 1. The zero-order valence-corrected chi connectivity index (χ0v) is 15.2. The molecular weight excluding hydrogens is 344 g/mol. The van der Waals surface area contributed by atoms with Crippen molar-refractivity contribution in [3.63, 3.8) is 0 Å². The topological polar surface area (TPSA) is 51.2 Å². The average Bonchev–Trinajstić information content (AvgIpc) is 2.92. The lowest BCUT2D eigenvalue weighted by Gasteiger charge is -2.13. The van der Waals surface area contributed by atoms with E-state index < -0.39 is 6.10 Å². The third-order valence-electron chi connectivity index (χ3n) is 3.56. The highest BCUT2D eigenvalue weighted by atomic mass is 35.5. The first kappa shape index (κ1) is 16.7. The van der Waals surface area contributed by atoms with Crippen LogP contribution in [0.2, 0.25) is 5.02 Å². The van der Waals surface area contributed by atoms with Gasteiger partial charge in [0, 0.05) is 5.02 Å². The molecule has 0 bridgehead atoms. The molecule has 0 unspecified atom stereocenters. The van der Waals surface area contributed by atoms with Gasteiger partial charge >= 0.3 is 0 Å². The molecule has 1 aromatic heterocycles. The van der Waals surface area contributed by atoms with E-state index in [9.17, 15) is 4.79 Å². The van der Waals surface area contributed by atoms with Crippen molar-refractivity contribution in [3.05, 3.63) is 52.5 Å². The summed E-state index contributed by atoms with van der Waals surface area (Å²) in [5.74, 6) is 0.358. The maximum atomic E-state index is 12.3. The number of hydrogen-bond donors (Lipinski definition) is 1. The van der Waals surface area contributed by atoms with Crippen molar-refractivity contribution < 1.29 is 9.53 Å². The average molecular weight is 361 g/mol. The highest BCUT2D eigenvalue weighted by molar-refractivity contribution is 7.22. The quantitative estimate of drug-likeness (QED) is 0.714. The van der Waals surface area contributed by atoms with E-state index in [0.29, 0.717) is 15.9 Å². The number of aryl methyl sites for hydroxylation is 2. The lowest BCUT2D eigenvalue weighted by Crippen LogP contribution is -2.30. The second kappa shape index (κ2) is 6.79. The highest BCUT2D eigenvalue weighted by Crippen LogP contribution is 2.29. The van der Waals surface area contributed by atoms with Gasteiger partial charge in [0.15, 0.2) is 11.2 Å². The first-order valence-electron chi connectivity index (χ1n) is 7.53. The summed E-state index contributed by atoms with van der Waals surface area (Å²) >= 11 is 7.30. The number of ether oxygens (including phenoxy) is 1. The zero-order valence-electron chi connectivity index (χ0n) is 13.6. The molecular formula is C18H17ClN2O2S. The molecule has 0 aliphatic heterocycles. The van der Waals surface area contributed by atoms with Gasteiger partial charge in [-0.15, -0.1) is 0 Å². The Hall–Kier alpha value is -2.11. The smallest absolute Gasteiger partial charge is 0.266 e. The lowest BCUT2D eigenvalue weighted by atomic mass is 10.1. The van der Waals surface area contributed by atoms with Gasteiger partial charge < -0.3 is 4.74 Å². The predicted octanol–water partition coefficient (Wildman–Crippen LogP) is 4.97. The van der Waals surface area contributed by atoms with Crippen LogP contribution >= 0.6 is 22.9 Å². The second-order valence-electron chi connectivity index (χ2n) is 5.65. The SMILES string of the molecule is Cc1cc(C)c2nc(NC(=O)[C@@H](C)Oc3ccc(Cl)cc3)sc2c1. The first-order chi connectivity index (χ1) is 11.4. The molecule has 0 saturated heterocycles. The van der Waals surface area contributed by atoms with Crippen molar-refractivity contribution in [1.82, 2.24) is 4.98 Å². The first-order valence-corrected chi connectivity index (χ1v) is 8.72.